The highest BCUT2D eigenvalue weighted by atomic mass is 127. The van der Waals surface area contributed by atoms with Gasteiger partial charge in [0.05, 0.1) is 13.2 Å². The highest BCUT2D eigenvalue weighted by Crippen LogP contribution is 2.07. The molecule has 0 amide bonds. The molecule has 0 aliphatic rings. The van der Waals surface area contributed by atoms with E-state index in [1.54, 1.807) is 7.11 Å². The first-order chi connectivity index (χ1) is 12.2. The second-order valence-electron chi connectivity index (χ2n) is 5.75. The second-order valence-corrected chi connectivity index (χ2v) is 5.75. The van der Waals surface area contributed by atoms with Crippen molar-refractivity contribution in [1.29, 1.82) is 0 Å². The maximum absolute atomic E-state index is 12.9. The van der Waals surface area contributed by atoms with Gasteiger partial charge in [-0.15, -0.1) is 24.0 Å². The van der Waals surface area contributed by atoms with Crippen molar-refractivity contribution < 1.29 is 9.13 Å². The lowest BCUT2D eigenvalue weighted by molar-refractivity contribution is 0.185. The fraction of sp³-hybridized carbons (Fsp3) is 0.350. The third-order valence-corrected chi connectivity index (χ3v) is 3.72. The van der Waals surface area contributed by atoms with E-state index in [2.05, 4.69) is 39.9 Å². The number of halogens is 2. The molecule has 0 saturated heterocycles. The largest absolute Gasteiger partial charge is 0.380 e. The van der Waals surface area contributed by atoms with Crippen LogP contribution in [0, 0.1) is 5.82 Å². The van der Waals surface area contributed by atoms with Crippen molar-refractivity contribution >= 4 is 29.9 Å². The zero-order chi connectivity index (χ0) is 17.9. The third kappa shape index (κ3) is 8.14. The van der Waals surface area contributed by atoms with Gasteiger partial charge in [0.2, 0.25) is 0 Å². The number of benzene rings is 2. The minimum absolute atomic E-state index is 0. The van der Waals surface area contributed by atoms with Crippen LogP contribution in [-0.4, -0.2) is 26.2 Å². The summed E-state index contributed by atoms with van der Waals surface area (Å²) >= 11 is 0. The van der Waals surface area contributed by atoms with Gasteiger partial charge in [-0.2, -0.15) is 0 Å². The van der Waals surface area contributed by atoms with Crippen LogP contribution < -0.4 is 10.6 Å². The zero-order valence-electron chi connectivity index (χ0n) is 15.3. The van der Waals surface area contributed by atoms with Crippen molar-refractivity contribution in [2.24, 2.45) is 4.99 Å². The molecule has 4 nitrogen and oxygen atoms in total. The lowest BCUT2D eigenvalue weighted by atomic mass is 10.1. The number of hydrogen-bond acceptors (Lipinski definition) is 2. The van der Waals surface area contributed by atoms with E-state index >= 15 is 0 Å². The van der Waals surface area contributed by atoms with E-state index in [1.807, 2.05) is 19.1 Å². The van der Waals surface area contributed by atoms with Gasteiger partial charge in [-0.1, -0.05) is 36.4 Å². The Morgan fingerprint density at radius 3 is 2.19 bits per heavy atom. The lowest BCUT2D eigenvalue weighted by Gasteiger charge is -2.11. The number of methoxy groups -OCH3 is 1. The molecular weight excluding hydrogens is 444 g/mol. The first-order valence-electron chi connectivity index (χ1n) is 8.54. The molecule has 0 aliphatic carbocycles. The van der Waals surface area contributed by atoms with E-state index < -0.39 is 0 Å². The molecule has 0 spiro atoms. The molecule has 0 atom stereocenters. The Hall–Kier alpha value is -1.67. The van der Waals surface area contributed by atoms with Crippen LogP contribution >= 0.6 is 24.0 Å². The Kier molecular flexibility index (Phi) is 10.9. The van der Waals surface area contributed by atoms with E-state index in [4.69, 9.17) is 4.74 Å². The summed E-state index contributed by atoms with van der Waals surface area (Å²) in [5.41, 5.74) is 3.40. The van der Waals surface area contributed by atoms with E-state index in [-0.39, 0.29) is 29.8 Å². The van der Waals surface area contributed by atoms with Gasteiger partial charge in [0, 0.05) is 20.2 Å². The van der Waals surface area contributed by atoms with Crippen LogP contribution in [0.5, 0.6) is 0 Å². The van der Waals surface area contributed by atoms with Gasteiger partial charge >= 0.3 is 0 Å². The van der Waals surface area contributed by atoms with Crippen molar-refractivity contribution in [2.45, 2.75) is 26.5 Å². The zero-order valence-corrected chi connectivity index (χ0v) is 17.6. The maximum Gasteiger partial charge on any atom is 0.191 e. The number of guanidine groups is 1. The molecular formula is C20H27FIN3O. The summed E-state index contributed by atoms with van der Waals surface area (Å²) in [6, 6.07) is 14.8. The standard InChI is InChI=1S/C20H26FN3O.HI/c1-3-22-20(23-13-12-16-8-10-19(21)11-9-16)24-14-17-4-6-18(7-5-17)15-25-2;/h4-11H,3,12-15H2,1-2H3,(H2,22,23,24);1H. The van der Waals surface area contributed by atoms with Gasteiger partial charge < -0.3 is 15.4 Å². The van der Waals surface area contributed by atoms with E-state index in [0.717, 1.165) is 42.2 Å². The summed E-state index contributed by atoms with van der Waals surface area (Å²) in [7, 11) is 1.69. The fourth-order valence-corrected chi connectivity index (χ4v) is 2.40. The number of ether oxygens (including phenoxy) is 1. The van der Waals surface area contributed by atoms with Gasteiger partial charge in [-0.05, 0) is 42.2 Å². The van der Waals surface area contributed by atoms with Crippen molar-refractivity contribution in [1.82, 2.24) is 10.6 Å². The monoisotopic (exact) mass is 471 g/mol. The first kappa shape index (κ1) is 22.4. The summed E-state index contributed by atoms with van der Waals surface area (Å²) in [5, 5.41) is 6.55. The van der Waals surface area contributed by atoms with Crippen molar-refractivity contribution in [3.63, 3.8) is 0 Å². The van der Waals surface area contributed by atoms with Crippen LogP contribution in [0.25, 0.3) is 0 Å². The van der Waals surface area contributed by atoms with Gasteiger partial charge in [0.15, 0.2) is 5.96 Å². The van der Waals surface area contributed by atoms with Crippen LogP contribution in [0.4, 0.5) is 4.39 Å². The van der Waals surface area contributed by atoms with Crippen LogP contribution in [0.3, 0.4) is 0 Å². The van der Waals surface area contributed by atoms with Crippen LogP contribution in [0.15, 0.2) is 53.5 Å². The highest BCUT2D eigenvalue weighted by molar-refractivity contribution is 14.0. The minimum atomic E-state index is -0.205. The highest BCUT2D eigenvalue weighted by Gasteiger charge is 1.99. The quantitative estimate of drug-likeness (QED) is 0.349. The molecule has 0 bridgehead atoms. The SMILES string of the molecule is CCNC(=NCc1ccc(COC)cc1)NCCc1ccc(F)cc1.I. The third-order valence-electron chi connectivity index (χ3n) is 3.72. The Morgan fingerprint density at radius 1 is 0.962 bits per heavy atom. The smallest absolute Gasteiger partial charge is 0.191 e. The Labute approximate surface area is 172 Å². The topological polar surface area (TPSA) is 45.7 Å². The molecule has 0 saturated carbocycles. The van der Waals surface area contributed by atoms with Crippen molar-refractivity contribution in [2.75, 3.05) is 20.2 Å². The molecule has 26 heavy (non-hydrogen) atoms. The molecule has 6 heteroatoms. The molecule has 0 aliphatic heterocycles. The minimum Gasteiger partial charge on any atom is -0.380 e. The first-order valence-corrected chi connectivity index (χ1v) is 8.54. The molecule has 0 fully saturated rings. The molecule has 0 aromatic heterocycles. The fourth-order valence-electron chi connectivity index (χ4n) is 2.40. The van der Waals surface area contributed by atoms with Crippen molar-refractivity contribution in [3.05, 3.63) is 71.0 Å². The molecule has 0 unspecified atom stereocenters. The van der Waals surface area contributed by atoms with E-state index in [9.17, 15) is 4.39 Å². The Balaban J connectivity index is 0.00000338. The number of nitrogens with zero attached hydrogens (tertiary/aromatic N) is 1. The lowest BCUT2D eigenvalue weighted by Crippen LogP contribution is -2.38. The number of nitrogens with one attached hydrogen (secondary N) is 2. The number of rotatable bonds is 8. The predicted molar refractivity (Wildman–Crippen MR) is 115 cm³/mol. The maximum atomic E-state index is 12.9. The summed E-state index contributed by atoms with van der Waals surface area (Å²) in [6.07, 6.45) is 0.816. The van der Waals surface area contributed by atoms with E-state index in [0.29, 0.717) is 13.2 Å². The Morgan fingerprint density at radius 2 is 1.58 bits per heavy atom. The summed E-state index contributed by atoms with van der Waals surface area (Å²) in [4.78, 5) is 4.61. The predicted octanol–water partition coefficient (Wildman–Crippen LogP) is 3.89. The summed E-state index contributed by atoms with van der Waals surface area (Å²) in [6.45, 7) is 4.81. The average molecular weight is 471 g/mol. The van der Waals surface area contributed by atoms with Gasteiger partial charge in [-0.3, -0.25) is 0 Å². The van der Waals surface area contributed by atoms with Crippen LogP contribution in [-0.2, 0) is 24.3 Å². The molecule has 2 aromatic carbocycles. The molecule has 0 heterocycles. The average Bonchev–Trinajstić information content (AvgIpc) is 2.63. The molecule has 142 valence electrons. The molecule has 0 radical (unpaired) electrons. The molecule has 2 N–H and O–H groups in total. The van der Waals surface area contributed by atoms with Gasteiger partial charge in [0.25, 0.3) is 0 Å². The van der Waals surface area contributed by atoms with Gasteiger partial charge in [-0.25, -0.2) is 9.38 Å². The van der Waals surface area contributed by atoms with Crippen molar-refractivity contribution in [3.8, 4) is 0 Å². The van der Waals surface area contributed by atoms with Crippen LogP contribution in [0.1, 0.15) is 23.6 Å². The summed E-state index contributed by atoms with van der Waals surface area (Å²) in [5.74, 6) is 0.578. The molecule has 2 aromatic rings. The van der Waals surface area contributed by atoms with Crippen LogP contribution in [0.2, 0.25) is 0 Å². The van der Waals surface area contributed by atoms with Gasteiger partial charge in [0.1, 0.15) is 5.82 Å². The van der Waals surface area contributed by atoms with E-state index in [1.165, 1.54) is 12.1 Å². The Bertz CT molecular complexity index is 660. The number of hydrogen-bond donors (Lipinski definition) is 2. The number of aliphatic imine (C=N–C) groups is 1. The second kappa shape index (κ2) is 12.6. The summed E-state index contributed by atoms with van der Waals surface area (Å²) < 4.78 is 18.0. The molecule has 2 rings (SSSR count). The normalized spacial score (nSPS) is 11.0.